The summed E-state index contributed by atoms with van der Waals surface area (Å²) in [5.41, 5.74) is 3.64. The van der Waals surface area contributed by atoms with E-state index in [1.165, 1.54) is 0 Å². The predicted molar refractivity (Wildman–Crippen MR) is 193 cm³/mol. The van der Waals surface area contributed by atoms with Crippen molar-refractivity contribution < 1.29 is 28.0 Å². The van der Waals surface area contributed by atoms with Crippen molar-refractivity contribution in [1.82, 2.24) is 5.32 Å². The van der Waals surface area contributed by atoms with Crippen LogP contribution in [0.1, 0.15) is 22.3 Å². The zero-order chi connectivity index (χ0) is 33.7. The van der Waals surface area contributed by atoms with Gasteiger partial charge in [-0.25, -0.2) is 0 Å². The lowest BCUT2D eigenvalue weighted by Gasteiger charge is -2.46. The monoisotopic (exact) mass is 677 g/mol. The molecule has 6 rings (SSSR count). The van der Waals surface area contributed by atoms with Crippen molar-refractivity contribution in [2.45, 2.75) is 50.3 Å². The Kier molecular flexibility index (Phi) is 12.5. The van der Waals surface area contributed by atoms with Gasteiger partial charge in [0, 0.05) is 18.4 Å². The average molecular weight is 678 g/mol. The molecule has 254 valence electrons. The molecule has 0 spiro atoms. The molecule has 5 aromatic carbocycles. The topological polar surface area (TPSA) is 75.3 Å². The van der Waals surface area contributed by atoms with E-state index in [4.69, 9.17) is 23.5 Å². The number of hydrogen-bond acceptors (Lipinski definition) is 7. The molecule has 0 bridgehead atoms. The standard InChI is InChI=1S/C41H44NO6P/c1-44-36-22-24-37(25-23-36)49(43)39(27-42-26-32-14-6-2-7-15-32)41(47-30-35-20-12-5-13-21-35)40(46-29-34-18-10-4-11-19-34)38(48-49)31-45-28-33-16-8-3-9-17-33/h2-25,38-42H,26-31H2,1H3/t38?,39?,40-,41-,49+/m1/s1. The molecule has 0 aliphatic carbocycles. The van der Waals surface area contributed by atoms with Crippen LogP contribution in [0, 0.1) is 0 Å². The fourth-order valence-corrected chi connectivity index (χ4v) is 8.96. The molecule has 1 N–H and O–H groups in total. The van der Waals surface area contributed by atoms with E-state index >= 15 is 4.57 Å². The van der Waals surface area contributed by atoms with E-state index in [0.717, 1.165) is 22.3 Å². The molecule has 0 radical (unpaired) electrons. The van der Waals surface area contributed by atoms with Crippen molar-refractivity contribution in [2.75, 3.05) is 20.3 Å². The van der Waals surface area contributed by atoms with Crippen molar-refractivity contribution in [3.05, 3.63) is 168 Å². The van der Waals surface area contributed by atoms with E-state index in [1.807, 2.05) is 133 Å². The Hall–Kier alpha value is -4.07. The smallest absolute Gasteiger partial charge is 0.239 e. The minimum atomic E-state index is -3.61. The Bertz CT molecular complexity index is 1720. The van der Waals surface area contributed by atoms with Gasteiger partial charge in [-0.1, -0.05) is 121 Å². The number of nitrogens with one attached hydrogen (secondary N) is 1. The molecule has 8 heteroatoms. The maximum absolute atomic E-state index is 15.6. The molecule has 49 heavy (non-hydrogen) atoms. The van der Waals surface area contributed by atoms with Crippen LogP contribution in [0.15, 0.2) is 146 Å². The van der Waals surface area contributed by atoms with E-state index in [-0.39, 0.29) is 6.61 Å². The Morgan fingerprint density at radius 1 is 0.612 bits per heavy atom. The first-order valence-corrected chi connectivity index (χ1v) is 18.4. The number of rotatable bonds is 16. The Balaban J connectivity index is 1.36. The normalized spacial score (nSPS) is 22.1. The lowest BCUT2D eigenvalue weighted by atomic mass is 10.0. The van der Waals surface area contributed by atoms with Crippen molar-refractivity contribution in [1.29, 1.82) is 0 Å². The van der Waals surface area contributed by atoms with Gasteiger partial charge in [0.15, 0.2) is 0 Å². The fourth-order valence-electron chi connectivity index (χ4n) is 6.14. The van der Waals surface area contributed by atoms with Gasteiger partial charge in [0.25, 0.3) is 0 Å². The number of methoxy groups -OCH3 is 1. The van der Waals surface area contributed by atoms with Crippen LogP contribution < -0.4 is 15.4 Å². The second-order valence-corrected chi connectivity index (χ2v) is 14.7. The minimum absolute atomic E-state index is 0.170. The Labute approximate surface area is 289 Å². The van der Waals surface area contributed by atoms with Crippen molar-refractivity contribution in [3.63, 3.8) is 0 Å². The van der Waals surface area contributed by atoms with Crippen molar-refractivity contribution in [2.24, 2.45) is 0 Å². The fraction of sp³-hybridized carbons (Fsp3) is 0.268. The summed E-state index contributed by atoms with van der Waals surface area (Å²) in [7, 11) is -1.99. The van der Waals surface area contributed by atoms with Crippen LogP contribution in [0.25, 0.3) is 0 Å². The van der Waals surface area contributed by atoms with Gasteiger partial charge in [-0.2, -0.15) is 0 Å². The molecule has 0 saturated carbocycles. The van der Waals surface area contributed by atoms with Crippen LogP contribution >= 0.6 is 7.37 Å². The van der Waals surface area contributed by atoms with Gasteiger partial charge >= 0.3 is 0 Å². The van der Waals surface area contributed by atoms with Crippen LogP contribution in [-0.2, 0) is 49.7 Å². The zero-order valence-corrected chi connectivity index (χ0v) is 28.7. The summed E-state index contributed by atoms with van der Waals surface area (Å²) in [5, 5.41) is 4.18. The van der Waals surface area contributed by atoms with E-state index in [1.54, 1.807) is 7.11 Å². The van der Waals surface area contributed by atoms with Crippen molar-refractivity contribution >= 4 is 12.7 Å². The second-order valence-electron chi connectivity index (χ2n) is 12.1. The van der Waals surface area contributed by atoms with E-state index < -0.39 is 31.3 Å². The minimum Gasteiger partial charge on any atom is -0.497 e. The summed E-state index contributed by atoms with van der Waals surface area (Å²) < 4.78 is 47.7. The molecule has 1 aliphatic rings. The molecule has 1 heterocycles. The maximum atomic E-state index is 15.6. The molecule has 1 aliphatic heterocycles. The predicted octanol–water partition coefficient (Wildman–Crippen LogP) is 7.54. The Morgan fingerprint density at radius 3 is 1.63 bits per heavy atom. The summed E-state index contributed by atoms with van der Waals surface area (Å²) in [4.78, 5) is 0. The van der Waals surface area contributed by atoms with Gasteiger partial charge in [-0.05, 0) is 46.5 Å². The second kappa shape index (κ2) is 17.5. The highest BCUT2D eigenvalue weighted by Gasteiger charge is 2.54. The van der Waals surface area contributed by atoms with Gasteiger partial charge in [0.1, 0.15) is 24.1 Å². The third-order valence-corrected chi connectivity index (χ3v) is 11.7. The molecule has 0 aromatic heterocycles. The van der Waals surface area contributed by atoms with E-state index in [2.05, 4.69) is 17.4 Å². The van der Waals surface area contributed by atoms with Gasteiger partial charge in [0.2, 0.25) is 7.37 Å². The molecule has 5 aromatic rings. The highest BCUT2D eigenvalue weighted by molar-refractivity contribution is 7.67. The van der Waals surface area contributed by atoms with E-state index in [0.29, 0.717) is 44.0 Å². The van der Waals surface area contributed by atoms with Crippen LogP contribution in [-0.4, -0.2) is 44.2 Å². The molecule has 5 atom stereocenters. The number of ether oxygens (including phenoxy) is 4. The first-order chi connectivity index (χ1) is 24.1. The highest BCUT2D eigenvalue weighted by Crippen LogP contribution is 2.58. The van der Waals surface area contributed by atoms with Crippen LogP contribution in [0.5, 0.6) is 5.75 Å². The van der Waals surface area contributed by atoms with Gasteiger partial charge in [0.05, 0.1) is 39.2 Å². The van der Waals surface area contributed by atoms with Crippen molar-refractivity contribution in [3.8, 4) is 5.75 Å². The lowest BCUT2D eigenvalue weighted by molar-refractivity contribution is -0.153. The molecule has 1 fully saturated rings. The summed E-state index contributed by atoms with van der Waals surface area (Å²) in [5.74, 6) is 0.676. The van der Waals surface area contributed by atoms with Gasteiger partial charge in [-0.3, -0.25) is 4.57 Å². The molecule has 1 saturated heterocycles. The molecule has 0 amide bonds. The zero-order valence-electron chi connectivity index (χ0n) is 27.8. The van der Waals surface area contributed by atoms with Crippen LogP contribution in [0.4, 0.5) is 0 Å². The van der Waals surface area contributed by atoms with Crippen LogP contribution in [0.3, 0.4) is 0 Å². The number of hydrogen-bond donors (Lipinski definition) is 1. The number of benzene rings is 5. The van der Waals surface area contributed by atoms with Gasteiger partial charge < -0.3 is 28.8 Å². The third kappa shape index (κ3) is 9.34. The molecular weight excluding hydrogens is 633 g/mol. The molecule has 2 unspecified atom stereocenters. The lowest BCUT2D eigenvalue weighted by Crippen LogP contribution is -2.57. The SMILES string of the molecule is COc1ccc([P@]2(=O)OC(COCc3ccccc3)[C@@H](OCc3ccccc3)[C@H](OCc3ccccc3)C2CNCc2ccccc2)cc1. The third-order valence-electron chi connectivity index (χ3n) is 8.72. The highest BCUT2D eigenvalue weighted by atomic mass is 31.2. The summed E-state index contributed by atoms with van der Waals surface area (Å²) >= 11 is 0. The molecule has 7 nitrogen and oxygen atoms in total. The maximum Gasteiger partial charge on any atom is 0.239 e. The summed E-state index contributed by atoms with van der Waals surface area (Å²) in [6.45, 7) is 2.20. The first-order valence-electron chi connectivity index (χ1n) is 16.7. The largest absolute Gasteiger partial charge is 0.497 e. The van der Waals surface area contributed by atoms with Gasteiger partial charge in [-0.15, -0.1) is 0 Å². The average Bonchev–Trinajstić information content (AvgIpc) is 3.16. The quantitative estimate of drug-likeness (QED) is 0.108. The molecular formula is C41H44NO6P. The van der Waals surface area contributed by atoms with Crippen LogP contribution in [0.2, 0.25) is 0 Å². The summed E-state index contributed by atoms with van der Waals surface area (Å²) in [6.07, 6.45) is -1.85. The summed E-state index contributed by atoms with van der Waals surface area (Å²) in [6, 6.07) is 47.6. The van der Waals surface area contributed by atoms with E-state index in [9.17, 15) is 0 Å². The Morgan fingerprint density at radius 2 is 1.10 bits per heavy atom. The first kappa shape index (κ1) is 34.8.